The third kappa shape index (κ3) is 3.67. The average Bonchev–Trinajstić information content (AvgIpc) is 3.02. The van der Waals surface area contributed by atoms with Gasteiger partial charge in [-0.25, -0.2) is 17.5 Å². The fourth-order valence-corrected chi connectivity index (χ4v) is 4.86. The van der Waals surface area contributed by atoms with Crippen molar-refractivity contribution in [2.75, 3.05) is 13.1 Å². The van der Waals surface area contributed by atoms with Crippen molar-refractivity contribution in [1.29, 1.82) is 0 Å². The Hall–Kier alpha value is -0.980. The molecule has 3 rings (SSSR count). The molecular weight excluding hydrogens is 303 g/mol. The molecular formula is C16H23FN2O2S. The molecule has 6 heteroatoms. The van der Waals surface area contributed by atoms with E-state index >= 15 is 0 Å². The van der Waals surface area contributed by atoms with Crippen LogP contribution in [0.25, 0.3) is 0 Å². The van der Waals surface area contributed by atoms with E-state index in [0.717, 1.165) is 25.9 Å². The summed E-state index contributed by atoms with van der Waals surface area (Å²) < 4.78 is 40.3. The Morgan fingerprint density at radius 1 is 1.00 bits per heavy atom. The van der Waals surface area contributed by atoms with E-state index in [1.165, 1.54) is 49.9 Å². The van der Waals surface area contributed by atoms with E-state index in [2.05, 4.69) is 9.62 Å². The van der Waals surface area contributed by atoms with Gasteiger partial charge in [-0.05, 0) is 63.0 Å². The van der Waals surface area contributed by atoms with Crippen molar-refractivity contribution in [3.05, 3.63) is 30.1 Å². The van der Waals surface area contributed by atoms with Crippen LogP contribution >= 0.6 is 0 Å². The maximum absolute atomic E-state index is 12.9. The first-order valence-electron chi connectivity index (χ1n) is 8.06. The monoisotopic (exact) mass is 326 g/mol. The molecule has 2 fully saturated rings. The average molecular weight is 326 g/mol. The Balaban J connectivity index is 1.56. The standard InChI is InChI=1S/C16H23FN2O2S/c17-13-5-7-16(8-6-13)22(20,21)18-14-9-11-19(12-10-14)15-3-1-2-4-15/h5-8,14-15,18H,1-4,9-12H2. The van der Waals surface area contributed by atoms with Gasteiger partial charge in [0.05, 0.1) is 4.90 Å². The molecule has 0 bridgehead atoms. The molecule has 22 heavy (non-hydrogen) atoms. The highest BCUT2D eigenvalue weighted by atomic mass is 32.2. The SMILES string of the molecule is O=S(=O)(NC1CCN(C2CCCC2)CC1)c1ccc(F)cc1. The highest BCUT2D eigenvalue weighted by Crippen LogP contribution is 2.26. The second-order valence-corrected chi connectivity index (χ2v) is 8.04. The maximum Gasteiger partial charge on any atom is 0.240 e. The molecule has 0 atom stereocenters. The predicted octanol–water partition coefficient (Wildman–Crippen LogP) is 2.51. The Bertz CT molecular complexity index is 589. The smallest absolute Gasteiger partial charge is 0.240 e. The minimum Gasteiger partial charge on any atom is -0.300 e. The molecule has 1 heterocycles. The summed E-state index contributed by atoms with van der Waals surface area (Å²) in [5.41, 5.74) is 0. The molecule has 1 saturated heterocycles. The van der Waals surface area contributed by atoms with E-state index < -0.39 is 15.8 Å². The van der Waals surface area contributed by atoms with Crippen molar-refractivity contribution in [1.82, 2.24) is 9.62 Å². The Morgan fingerprint density at radius 2 is 1.59 bits per heavy atom. The van der Waals surface area contributed by atoms with Gasteiger partial charge in [-0.3, -0.25) is 0 Å². The van der Waals surface area contributed by atoms with Crippen molar-refractivity contribution in [3.8, 4) is 0 Å². The van der Waals surface area contributed by atoms with Crippen LogP contribution in [0.15, 0.2) is 29.2 Å². The largest absolute Gasteiger partial charge is 0.300 e. The normalized spacial score (nSPS) is 22.2. The lowest BCUT2D eigenvalue weighted by Crippen LogP contribution is -2.47. The number of sulfonamides is 1. The van der Waals surface area contributed by atoms with E-state index in [0.29, 0.717) is 6.04 Å². The topological polar surface area (TPSA) is 49.4 Å². The van der Waals surface area contributed by atoms with Gasteiger partial charge in [-0.1, -0.05) is 12.8 Å². The molecule has 4 nitrogen and oxygen atoms in total. The lowest BCUT2D eigenvalue weighted by Gasteiger charge is -2.36. The van der Waals surface area contributed by atoms with Crippen LogP contribution in [0.5, 0.6) is 0 Å². The summed E-state index contributed by atoms with van der Waals surface area (Å²) in [4.78, 5) is 2.64. The van der Waals surface area contributed by atoms with Gasteiger partial charge in [-0.15, -0.1) is 0 Å². The first kappa shape index (κ1) is 15.9. The summed E-state index contributed by atoms with van der Waals surface area (Å²) in [6, 6.07) is 5.66. The molecule has 1 aliphatic heterocycles. The Morgan fingerprint density at radius 3 is 2.18 bits per heavy atom. The van der Waals surface area contributed by atoms with Gasteiger partial charge in [0.25, 0.3) is 0 Å². The number of hydrogen-bond acceptors (Lipinski definition) is 3. The zero-order valence-electron chi connectivity index (χ0n) is 12.7. The summed E-state index contributed by atoms with van der Waals surface area (Å²) in [6.07, 6.45) is 6.90. The van der Waals surface area contributed by atoms with E-state index in [9.17, 15) is 12.8 Å². The van der Waals surface area contributed by atoms with E-state index in [-0.39, 0.29) is 10.9 Å². The molecule has 1 N–H and O–H groups in total. The van der Waals surface area contributed by atoms with Crippen LogP contribution in [0.1, 0.15) is 38.5 Å². The quantitative estimate of drug-likeness (QED) is 0.925. The number of benzene rings is 1. The lowest BCUT2D eigenvalue weighted by molar-refractivity contribution is 0.151. The van der Waals surface area contributed by atoms with Crippen LogP contribution in [-0.4, -0.2) is 38.5 Å². The van der Waals surface area contributed by atoms with Crippen LogP contribution in [0, 0.1) is 5.82 Å². The van der Waals surface area contributed by atoms with Crippen molar-refractivity contribution >= 4 is 10.0 Å². The predicted molar refractivity (Wildman–Crippen MR) is 83.6 cm³/mol. The van der Waals surface area contributed by atoms with Crippen LogP contribution in [-0.2, 0) is 10.0 Å². The highest BCUT2D eigenvalue weighted by Gasteiger charge is 2.29. The third-order valence-electron chi connectivity index (χ3n) is 4.82. The minimum atomic E-state index is -3.55. The molecule has 122 valence electrons. The third-order valence-corrected chi connectivity index (χ3v) is 6.35. The fraction of sp³-hybridized carbons (Fsp3) is 0.625. The second kappa shape index (κ2) is 6.64. The summed E-state index contributed by atoms with van der Waals surface area (Å²) in [6.45, 7) is 1.92. The number of piperidine rings is 1. The van der Waals surface area contributed by atoms with Crippen LogP contribution in [0.3, 0.4) is 0 Å². The van der Waals surface area contributed by atoms with E-state index in [1.54, 1.807) is 0 Å². The van der Waals surface area contributed by atoms with E-state index in [1.807, 2.05) is 0 Å². The number of hydrogen-bond donors (Lipinski definition) is 1. The van der Waals surface area contributed by atoms with Gasteiger partial charge in [0.2, 0.25) is 10.0 Å². The molecule has 1 aromatic rings. The zero-order chi connectivity index (χ0) is 15.6. The van der Waals surface area contributed by atoms with Crippen LogP contribution in [0.4, 0.5) is 4.39 Å². The molecule has 1 saturated carbocycles. The lowest BCUT2D eigenvalue weighted by atomic mass is 10.0. The van der Waals surface area contributed by atoms with Crippen molar-refractivity contribution in [3.63, 3.8) is 0 Å². The van der Waals surface area contributed by atoms with Gasteiger partial charge in [0.1, 0.15) is 5.82 Å². The maximum atomic E-state index is 12.9. The zero-order valence-corrected chi connectivity index (χ0v) is 13.5. The fourth-order valence-electron chi connectivity index (χ4n) is 3.55. The van der Waals surface area contributed by atoms with Crippen molar-refractivity contribution < 1.29 is 12.8 Å². The number of halogens is 1. The Kier molecular flexibility index (Phi) is 4.80. The molecule has 0 amide bonds. The van der Waals surface area contributed by atoms with Gasteiger partial charge in [0, 0.05) is 12.1 Å². The number of nitrogens with one attached hydrogen (secondary N) is 1. The van der Waals surface area contributed by atoms with E-state index in [4.69, 9.17) is 0 Å². The van der Waals surface area contributed by atoms with Crippen molar-refractivity contribution in [2.45, 2.75) is 55.5 Å². The minimum absolute atomic E-state index is 0.0206. The number of likely N-dealkylation sites (tertiary alicyclic amines) is 1. The highest BCUT2D eigenvalue weighted by molar-refractivity contribution is 7.89. The van der Waals surface area contributed by atoms with Gasteiger partial charge < -0.3 is 4.90 Å². The number of nitrogens with zero attached hydrogens (tertiary/aromatic N) is 1. The molecule has 1 aliphatic carbocycles. The molecule has 0 unspecified atom stereocenters. The molecule has 2 aliphatic rings. The molecule has 0 spiro atoms. The first-order chi connectivity index (χ1) is 10.5. The summed E-state index contributed by atoms with van der Waals surface area (Å²) in [5.74, 6) is -0.427. The van der Waals surface area contributed by atoms with Crippen LogP contribution < -0.4 is 4.72 Å². The molecule has 0 aromatic heterocycles. The number of rotatable bonds is 4. The van der Waals surface area contributed by atoms with Crippen molar-refractivity contribution in [2.24, 2.45) is 0 Å². The van der Waals surface area contributed by atoms with Crippen LogP contribution in [0.2, 0.25) is 0 Å². The van der Waals surface area contributed by atoms with Gasteiger partial charge in [-0.2, -0.15) is 0 Å². The van der Waals surface area contributed by atoms with Gasteiger partial charge >= 0.3 is 0 Å². The summed E-state index contributed by atoms with van der Waals surface area (Å²) in [5, 5.41) is 0. The first-order valence-corrected chi connectivity index (χ1v) is 9.55. The second-order valence-electron chi connectivity index (χ2n) is 6.32. The summed E-state index contributed by atoms with van der Waals surface area (Å²) >= 11 is 0. The molecule has 0 radical (unpaired) electrons. The Labute approximate surface area is 131 Å². The summed E-state index contributed by atoms with van der Waals surface area (Å²) in [7, 11) is -3.55. The molecule has 1 aromatic carbocycles. The van der Waals surface area contributed by atoms with Gasteiger partial charge in [0.15, 0.2) is 0 Å².